The molecule has 0 aliphatic carbocycles. The predicted molar refractivity (Wildman–Crippen MR) is 81.8 cm³/mol. The average molecular weight is 273 g/mol. The Balaban J connectivity index is 2.55. The topological polar surface area (TPSA) is 38.3 Å². The molecule has 0 saturated carbocycles. The molecule has 0 aliphatic heterocycles. The first-order chi connectivity index (χ1) is 9.71. The summed E-state index contributed by atoms with van der Waals surface area (Å²) >= 11 is 0. The number of carbonyl (C=O) groups excluding carboxylic acids is 1. The van der Waals surface area contributed by atoms with E-state index in [4.69, 9.17) is 11.2 Å². The van der Waals surface area contributed by atoms with Crippen LogP contribution in [-0.2, 0) is 0 Å². The number of nitrogens with one attached hydrogen (secondary N) is 1. The molecule has 3 heteroatoms. The zero-order valence-electron chi connectivity index (χ0n) is 12.3. The van der Waals surface area contributed by atoms with Crippen molar-refractivity contribution < 1.29 is 9.53 Å². The molecule has 1 aromatic rings. The van der Waals surface area contributed by atoms with Crippen LogP contribution in [0, 0.1) is 12.3 Å². The lowest BCUT2D eigenvalue weighted by Crippen LogP contribution is -2.33. The van der Waals surface area contributed by atoms with Gasteiger partial charge in [-0.15, -0.1) is 6.42 Å². The number of hydrogen-bond donors (Lipinski definition) is 1. The maximum Gasteiger partial charge on any atom is 0.252 e. The molecule has 20 heavy (non-hydrogen) atoms. The molecule has 0 radical (unpaired) electrons. The van der Waals surface area contributed by atoms with Crippen LogP contribution in [0.1, 0.15) is 49.9 Å². The third-order valence-electron chi connectivity index (χ3n) is 2.97. The number of carbonyl (C=O) groups is 1. The number of hydrogen-bond acceptors (Lipinski definition) is 2. The van der Waals surface area contributed by atoms with Gasteiger partial charge in [0.25, 0.3) is 5.91 Å². The second kappa shape index (κ2) is 9.03. The summed E-state index contributed by atoms with van der Waals surface area (Å²) in [4.78, 5) is 12.0. The lowest BCUT2D eigenvalue weighted by molar-refractivity contribution is 0.0944. The van der Waals surface area contributed by atoms with Crippen molar-refractivity contribution in [3.05, 3.63) is 29.8 Å². The third-order valence-corrected chi connectivity index (χ3v) is 2.97. The summed E-state index contributed by atoms with van der Waals surface area (Å²) in [6.07, 6.45) is 9.26. The highest BCUT2D eigenvalue weighted by Gasteiger charge is 2.10. The molecule has 0 heterocycles. The summed E-state index contributed by atoms with van der Waals surface area (Å²) < 4.78 is 5.56. The van der Waals surface area contributed by atoms with Crippen LogP contribution in [-0.4, -0.2) is 18.6 Å². The zero-order chi connectivity index (χ0) is 14.8. The van der Waals surface area contributed by atoms with Gasteiger partial charge in [-0.05, 0) is 37.1 Å². The molecule has 0 aromatic heterocycles. The van der Waals surface area contributed by atoms with Gasteiger partial charge in [0, 0.05) is 5.56 Å². The first-order valence-corrected chi connectivity index (χ1v) is 7.21. The number of benzene rings is 1. The van der Waals surface area contributed by atoms with Crippen LogP contribution in [0.3, 0.4) is 0 Å². The van der Waals surface area contributed by atoms with Crippen LogP contribution < -0.4 is 10.1 Å². The van der Waals surface area contributed by atoms with E-state index in [1.807, 2.05) is 19.1 Å². The third kappa shape index (κ3) is 5.36. The van der Waals surface area contributed by atoms with Crippen LogP contribution in [0.5, 0.6) is 5.75 Å². The van der Waals surface area contributed by atoms with Crippen molar-refractivity contribution in [1.29, 1.82) is 0 Å². The summed E-state index contributed by atoms with van der Waals surface area (Å²) in [7, 11) is 0. The molecule has 1 N–H and O–H groups in total. The Labute approximate surface area is 121 Å². The van der Waals surface area contributed by atoms with Crippen LogP contribution in [0.2, 0.25) is 0 Å². The Morgan fingerprint density at radius 3 is 2.55 bits per heavy atom. The number of terminal acetylenes is 1. The maximum absolute atomic E-state index is 12.0. The number of amides is 1. The summed E-state index contributed by atoms with van der Waals surface area (Å²) in [6, 6.07) is 6.95. The molecule has 3 nitrogen and oxygen atoms in total. The van der Waals surface area contributed by atoms with Crippen molar-refractivity contribution in [2.45, 2.75) is 45.6 Å². The van der Waals surface area contributed by atoms with Gasteiger partial charge in [-0.2, -0.15) is 0 Å². The quantitative estimate of drug-likeness (QED) is 0.582. The lowest BCUT2D eigenvalue weighted by atomic mass is 10.1. The smallest absolute Gasteiger partial charge is 0.252 e. The molecule has 108 valence electrons. The summed E-state index contributed by atoms with van der Waals surface area (Å²) in [5.74, 6) is 3.24. The Morgan fingerprint density at radius 1 is 1.30 bits per heavy atom. The minimum atomic E-state index is -0.201. The minimum absolute atomic E-state index is 0.137. The van der Waals surface area contributed by atoms with Crippen molar-refractivity contribution in [2.75, 3.05) is 6.61 Å². The fourth-order valence-corrected chi connectivity index (χ4v) is 1.76. The molecule has 0 aliphatic rings. The van der Waals surface area contributed by atoms with Crippen molar-refractivity contribution in [3.8, 4) is 18.1 Å². The molecule has 1 amide bonds. The van der Waals surface area contributed by atoms with E-state index in [2.05, 4.69) is 18.2 Å². The number of ether oxygens (including phenoxy) is 1. The van der Waals surface area contributed by atoms with Crippen LogP contribution in [0.4, 0.5) is 0 Å². The van der Waals surface area contributed by atoms with Gasteiger partial charge >= 0.3 is 0 Å². The fourth-order valence-electron chi connectivity index (χ4n) is 1.76. The highest BCUT2D eigenvalue weighted by atomic mass is 16.5. The van der Waals surface area contributed by atoms with Crippen LogP contribution in [0.25, 0.3) is 0 Å². The molecule has 0 bridgehead atoms. The molecule has 0 saturated heterocycles. The largest absolute Gasteiger partial charge is 0.494 e. The Morgan fingerprint density at radius 2 is 2.00 bits per heavy atom. The van der Waals surface area contributed by atoms with E-state index in [1.165, 1.54) is 0 Å². The van der Waals surface area contributed by atoms with E-state index in [-0.39, 0.29) is 11.9 Å². The fraction of sp³-hybridized carbons (Fsp3) is 0.471. The van der Waals surface area contributed by atoms with Crippen molar-refractivity contribution in [3.63, 3.8) is 0 Å². The number of unbranched alkanes of at least 4 members (excludes halogenated alkanes) is 1. The van der Waals surface area contributed by atoms with Gasteiger partial charge < -0.3 is 10.1 Å². The normalized spacial score (nSPS) is 11.4. The van der Waals surface area contributed by atoms with Gasteiger partial charge in [0.05, 0.1) is 12.6 Å². The maximum atomic E-state index is 12.0. The van der Waals surface area contributed by atoms with E-state index in [9.17, 15) is 4.79 Å². The first-order valence-electron chi connectivity index (χ1n) is 7.21. The molecule has 1 rings (SSSR count). The second-order valence-corrected chi connectivity index (χ2v) is 4.71. The van der Waals surface area contributed by atoms with Crippen LogP contribution >= 0.6 is 0 Å². The monoisotopic (exact) mass is 273 g/mol. The van der Waals surface area contributed by atoms with E-state index >= 15 is 0 Å². The van der Waals surface area contributed by atoms with Gasteiger partial charge in [0.1, 0.15) is 5.75 Å². The molecular weight excluding hydrogens is 250 g/mol. The zero-order valence-corrected chi connectivity index (χ0v) is 12.3. The van der Waals surface area contributed by atoms with Gasteiger partial charge in [0.15, 0.2) is 0 Å². The summed E-state index contributed by atoms with van der Waals surface area (Å²) in [5, 5.41) is 2.84. The molecule has 1 unspecified atom stereocenters. The summed E-state index contributed by atoms with van der Waals surface area (Å²) in [5.41, 5.74) is 0.601. The van der Waals surface area contributed by atoms with Gasteiger partial charge in [-0.3, -0.25) is 4.79 Å². The molecular formula is C17H23NO2. The molecule has 0 spiro atoms. The second-order valence-electron chi connectivity index (χ2n) is 4.71. The van der Waals surface area contributed by atoms with Crippen molar-refractivity contribution >= 4 is 5.91 Å². The van der Waals surface area contributed by atoms with E-state index < -0.39 is 0 Å². The van der Waals surface area contributed by atoms with Gasteiger partial charge in [-0.25, -0.2) is 0 Å². The lowest BCUT2D eigenvalue weighted by Gasteiger charge is -2.12. The molecule has 1 aromatic carbocycles. The molecule has 1 atom stereocenters. The Bertz CT molecular complexity index is 445. The Kier molecular flexibility index (Phi) is 7.27. The van der Waals surface area contributed by atoms with Crippen molar-refractivity contribution in [1.82, 2.24) is 5.32 Å². The number of rotatable bonds is 8. The highest BCUT2D eigenvalue weighted by molar-refractivity contribution is 5.94. The average Bonchev–Trinajstić information content (AvgIpc) is 2.47. The summed E-state index contributed by atoms with van der Waals surface area (Å²) in [6.45, 7) is 4.87. The highest BCUT2D eigenvalue weighted by Crippen LogP contribution is 2.13. The van der Waals surface area contributed by atoms with Crippen molar-refractivity contribution in [2.24, 2.45) is 0 Å². The van der Waals surface area contributed by atoms with Crippen LogP contribution in [0.15, 0.2) is 24.3 Å². The van der Waals surface area contributed by atoms with E-state index in [0.717, 1.165) is 31.4 Å². The standard InChI is InChI=1S/C17H23NO2/c1-4-7-13-20-16-11-9-14(10-12-16)17(19)18-15(6-3)8-5-2/h3,9-12,15H,4-5,7-8,13H2,1-2H3,(H,18,19). The first kappa shape index (κ1) is 16.1. The predicted octanol–water partition coefficient (Wildman–Crippen LogP) is 3.40. The van der Waals surface area contributed by atoms with Gasteiger partial charge in [0.2, 0.25) is 0 Å². The molecule has 0 fully saturated rings. The van der Waals surface area contributed by atoms with E-state index in [0.29, 0.717) is 12.2 Å². The van der Waals surface area contributed by atoms with Gasteiger partial charge in [-0.1, -0.05) is 32.6 Å². The van der Waals surface area contributed by atoms with E-state index in [1.54, 1.807) is 12.1 Å². The SMILES string of the molecule is C#CC(CCC)NC(=O)c1ccc(OCCCC)cc1. The Hall–Kier alpha value is -1.95. The minimum Gasteiger partial charge on any atom is -0.494 e.